The number of hydrogen-bond donors (Lipinski definition) is 1. The summed E-state index contributed by atoms with van der Waals surface area (Å²) >= 11 is 5.91. The van der Waals surface area contributed by atoms with Gasteiger partial charge in [0.15, 0.2) is 5.82 Å². The van der Waals surface area contributed by atoms with Gasteiger partial charge in [-0.25, -0.2) is 0 Å². The molecule has 0 radical (unpaired) electrons. The number of rotatable bonds is 2. The van der Waals surface area contributed by atoms with Crippen LogP contribution in [-0.4, -0.2) is 36.4 Å². The Balaban J connectivity index is 1.64. The molecule has 104 valence electrons. The lowest BCUT2D eigenvalue weighted by Gasteiger charge is -2.36. The summed E-state index contributed by atoms with van der Waals surface area (Å²) in [7, 11) is 0. The second-order valence-electron chi connectivity index (χ2n) is 4.77. The standard InChI is InChI=1S/C14H16ClN5/c15-11-1-3-12(4-2-11)19-7-9-20(10-8-19)14-6-5-13(16)17-18-14/h1-6H,7-10H2,(H2,16,17). The number of nitrogens with zero attached hydrogens (tertiary/aromatic N) is 4. The third-order valence-corrected chi connectivity index (χ3v) is 3.72. The lowest BCUT2D eigenvalue weighted by atomic mass is 10.2. The third kappa shape index (κ3) is 2.77. The topological polar surface area (TPSA) is 58.3 Å². The van der Waals surface area contributed by atoms with Gasteiger partial charge in [0, 0.05) is 36.9 Å². The number of nitrogens with two attached hydrogens (primary N) is 1. The third-order valence-electron chi connectivity index (χ3n) is 3.47. The Hall–Kier alpha value is -2.01. The van der Waals surface area contributed by atoms with Crippen LogP contribution in [0.5, 0.6) is 0 Å². The van der Waals surface area contributed by atoms with Crippen molar-refractivity contribution in [2.45, 2.75) is 0 Å². The molecule has 1 saturated heterocycles. The number of nitrogen functional groups attached to an aromatic ring is 1. The maximum Gasteiger partial charge on any atom is 0.151 e. The molecule has 0 unspecified atom stereocenters. The van der Waals surface area contributed by atoms with Crippen molar-refractivity contribution in [2.24, 2.45) is 0 Å². The van der Waals surface area contributed by atoms with Gasteiger partial charge in [0.25, 0.3) is 0 Å². The van der Waals surface area contributed by atoms with Gasteiger partial charge in [-0.1, -0.05) is 11.6 Å². The van der Waals surface area contributed by atoms with E-state index in [-0.39, 0.29) is 0 Å². The predicted octanol–water partition coefficient (Wildman–Crippen LogP) is 2.04. The molecule has 3 rings (SSSR count). The van der Waals surface area contributed by atoms with E-state index < -0.39 is 0 Å². The summed E-state index contributed by atoms with van der Waals surface area (Å²) in [6.07, 6.45) is 0. The summed E-state index contributed by atoms with van der Waals surface area (Å²) in [6.45, 7) is 3.74. The fraction of sp³-hybridized carbons (Fsp3) is 0.286. The summed E-state index contributed by atoms with van der Waals surface area (Å²) in [6, 6.07) is 11.7. The molecule has 0 aliphatic carbocycles. The van der Waals surface area contributed by atoms with Crippen LogP contribution in [0.3, 0.4) is 0 Å². The predicted molar refractivity (Wildman–Crippen MR) is 82.3 cm³/mol. The van der Waals surface area contributed by atoms with E-state index in [4.69, 9.17) is 17.3 Å². The molecular formula is C14H16ClN5. The zero-order valence-corrected chi connectivity index (χ0v) is 11.8. The van der Waals surface area contributed by atoms with Crippen molar-refractivity contribution in [3.63, 3.8) is 0 Å². The quantitative estimate of drug-likeness (QED) is 0.917. The molecule has 2 N–H and O–H groups in total. The summed E-state index contributed by atoms with van der Waals surface area (Å²) in [5.74, 6) is 1.34. The van der Waals surface area contributed by atoms with Crippen LogP contribution in [0.2, 0.25) is 5.02 Å². The van der Waals surface area contributed by atoms with Crippen LogP contribution in [0.4, 0.5) is 17.3 Å². The molecule has 2 aromatic rings. The summed E-state index contributed by atoms with van der Waals surface area (Å²) in [5.41, 5.74) is 6.76. The van der Waals surface area contributed by atoms with Crippen LogP contribution in [0, 0.1) is 0 Å². The van der Waals surface area contributed by atoms with E-state index in [1.165, 1.54) is 5.69 Å². The van der Waals surface area contributed by atoms with Crippen LogP contribution < -0.4 is 15.5 Å². The zero-order chi connectivity index (χ0) is 13.9. The van der Waals surface area contributed by atoms with E-state index in [9.17, 15) is 0 Å². The molecule has 5 nitrogen and oxygen atoms in total. The number of benzene rings is 1. The maximum atomic E-state index is 5.91. The highest BCUT2D eigenvalue weighted by Gasteiger charge is 2.18. The molecule has 0 spiro atoms. The molecule has 1 aromatic carbocycles. The first-order valence-electron chi connectivity index (χ1n) is 6.57. The van der Waals surface area contributed by atoms with Crippen molar-refractivity contribution >= 4 is 28.9 Å². The highest BCUT2D eigenvalue weighted by atomic mass is 35.5. The molecule has 2 heterocycles. The van der Waals surface area contributed by atoms with E-state index in [0.717, 1.165) is 37.0 Å². The molecular weight excluding hydrogens is 274 g/mol. The van der Waals surface area contributed by atoms with Gasteiger partial charge in [-0.3, -0.25) is 0 Å². The average molecular weight is 290 g/mol. The molecule has 0 amide bonds. The van der Waals surface area contributed by atoms with E-state index in [0.29, 0.717) is 5.82 Å². The second-order valence-corrected chi connectivity index (χ2v) is 5.20. The van der Waals surface area contributed by atoms with Crippen molar-refractivity contribution < 1.29 is 0 Å². The van der Waals surface area contributed by atoms with Gasteiger partial charge in [0.2, 0.25) is 0 Å². The molecule has 0 bridgehead atoms. The lowest BCUT2D eigenvalue weighted by Crippen LogP contribution is -2.46. The van der Waals surface area contributed by atoms with Crippen LogP contribution >= 0.6 is 11.6 Å². The zero-order valence-electron chi connectivity index (χ0n) is 11.0. The number of aromatic nitrogens is 2. The number of hydrogen-bond acceptors (Lipinski definition) is 5. The maximum absolute atomic E-state index is 5.91. The fourth-order valence-corrected chi connectivity index (χ4v) is 2.48. The first kappa shape index (κ1) is 13.0. The van der Waals surface area contributed by atoms with Crippen LogP contribution in [-0.2, 0) is 0 Å². The van der Waals surface area contributed by atoms with Crippen molar-refractivity contribution in [3.8, 4) is 0 Å². The summed E-state index contributed by atoms with van der Waals surface area (Å²) in [5, 5.41) is 8.79. The molecule has 6 heteroatoms. The van der Waals surface area contributed by atoms with Gasteiger partial charge in [0.05, 0.1) is 0 Å². The fourth-order valence-electron chi connectivity index (χ4n) is 2.35. The molecule has 0 atom stereocenters. The monoisotopic (exact) mass is 289 g/mol. The summed E-state index contributed by atoms with van der Waals surface area (Å²) < 4.78 is 0. The molecule has 1 aliphatic rings. The van der Waals surface area contributed by atoms with Crippen LogP contribution in [0.15, 0.2) is 36.4 Å². The van der Waals surface area contributed by atoms with Gasteiger partial charge in [0.1, 0.15) is 5.82 Å². The molecule has 1 aliphatic heterocycles. The SMILES string of the molecule is Nc1ccc(N2CCN(c3ccc(Cl)cc3)CC2)nn1. The number of anilines is 3. The van der Waals surface area contributed by atoms with E-state index >= 15 is 0 Å². The minimum atomic E-state index is 0.452. The van der Waals surface area contributed by atoms with Crippen molar-refractivity contribution in [3.05, 3.63) is 41.4 Å². The van der Waals surface area contributed by atoms with Gasteiger partial charge < -0.3 is 15.5 Å². The van der Waals surface area contributed by atoms with Crippen molar-refractivity contribution in [1.29, 1.82) is 0 Å². The Bertz CT molecular complexity index is 508. The number of piperazine rings is 1. The second kappa shape index (κ2) is 5.54. The van der Waals surface area contributed by atoms with Gasteiger partial charge in [-0.05, 0) is 36.4 Å². The minimum absolute atomic E-state index is 0.452. The molecule has 1 fully saturated rings. The average Bonchev–Trinajstić information content (AvgIpc) is 2.49. The highest BCUT2D eigenvalue weighted by Crippen LogP contribution is 2.21. The normalized spacial score (nSPS) is 15.4. The van der Waals surface area contributed by atoms with Gasteiger partial charge in [-0.2, -0.15) is 0 Å². The van der Waals surface area contributed by atoms with Crippen LogP contribution in [0.25, 0.3) is 0 Å². The Morgan fingerprint density at radius 1 is 0.850 bits per heavy atom. The van der Waals surface area contributed by atoms with Gasteiger partial charge >= 0.3 is 0 Å². The Morgan fingerprint density at radius 2 is 1.50 bits per heavy atom. The Morgan fingerprint density at radius 3 is 2.10 bits per heavy atom. The van der Waals surface area contributed by atoms with E-state index in [2.05, 4.69) is 32.1 Å². The Kier molecular flexibility index (Phi) is 3.60. The number of halogens is 1. The van der Waals surface area contributed by atoms with Crippen molar-refractivity contribution in [1.82, 2.24) is 10.2 Å². The lowest BCUT2D eigenvalue weighted by molar-refractivity contribution is 0.644. The smallest absolute Gasteiger partial charge is 0.151 e. The Labute approximate surface area is 123 Å². The first-order chi connectivity index (χ1) is 9.72. The first-order valence-corrected chi connectivity index (χ1v) is 6.95. The molecule has 1 aromatic heterocycles. The van der Waals surface area contributed by atoms with Crippen LogP contribution in [0.1, 0.15) is 0 Å². The van der Waals surface area contributed by atoms with E-state index in [1.54, 1.807) is 6.07 Å². The van der Waals surface area contributed by atoms with Crippen molar-refractivity contribution in [2.75, 3.05) is 41.7 Å². The molecule has 20 heavy (non-hydrogen) atoms. The minimum Gasteiger partial charge on any atom is -0.382 e. The highest BCUT2D eigenvalue weighted by molar-refractivity contribution is 6.30. The van der Waals surface area contributed by atoms with Gasteiger partial charge in [-0.15, -0.1) is 10.2 Å². The van der Waals surface area contributed by atoms with E-state index in [1.807, 2.05) is 18.2 Å². The largest absolute Gasteiger partial charge is 0.382 e. The molecule has 0 saturated carbocycles. The summed E-state index contributed by atoms with van der Waals surface area (Å²) in [4.78, 5) is 4.57.